The number of thiocarbonyl (C=S) groups is 1. The second-order valence-corrected chi connectivity index (χ2v) is 6.44. The van der Waals surface area contributed by atoms with Crippen molar-refractivity contribution in [1.82, 2.24) is 10.3 Å². The molecule has 0 amide bonds. The standard InChI is InChI=1S/C20H19N3O3S/c1-24-13-8-9-15(17(12-13)25-2)23-19(16-7-5-11-26-16)18(22-20(23)27)14-6-3-4-10-21-14/h3-12,18-19H,1-2H3,(H,22,27)/t18-,19-/m1/s1. The van der Waals surface area contributed by atoms with Crippen LogP contribution < -0.4 is 19.7 Å². The fourth-order valence-corrected chi connectivity index (χ4v) is 3.69. The Balaban J connectivity index is 1.83. The van der Waals surface area contributed by atoms with Crippen LogP contribution in [0.5, 0.6) is 11.5 Å². The molecule has 138 valence electrons. The Kier molecular flexibility index (Phi) is 4.68. The van der Waals surface area contributed by atoms with E-state index < -0.39 is 0 Å². The van der Waals surface area contributed by atoms with Crippen molar-refractivity contribution in [1.29, 1.82) is 0 Å². The highest BCUT2D eigenvalue weighted by Gasteiger charge is 2.43. The first-order chi connectivity index (χ1) is 13.2. The lowest BCUT2D eigenvalue weighted by Crippen LogP contribution is -2.29. The van der Waals surface area contributed by atoms with Gasteiger partial charge in [-0.1, -0.05) is 6.07 Å². The van der Waals surface area contributed by atoms with Gasteiger partial charge in [-0.3, -0.25) is 4.98 Å². The van der Waals surface area contributed by atoms with Gasteiger partial charge in [-0.25, -0.2) is 0 Å². The summed E-state index contributed by atoms with van der Waals surface area (Å²) in [6.07, 6.45) is 3.44. The molecule has 0 spiro atoms. The Morgan fingerprint density at radius 3 is 2.67 bits per heavy atom. The van der Waals surface area contributed by atoms with Crippen molar-refractivity contribution in [3.05, 3.63) is 72.4 Å². The molecule has 0 unspecified atom stereocenters. The van der Waals surface area contributed by atoms with E-state index in [9.17, 15) is 0 Å². The summed E-state index contributed by atoms with van der Waals surface area (Å²) in [7, 11) is 3.25. The Labute approximate surface area is 162 Å². The number of nitrogens with zero attached hydrogens (tertiary/aromatic N) is 2. The van der Waals surface area contributed by atoms with Gasteiger partial charge in [0.2, 0.25) is 0 Å². The van der Waals surface area contributed by atoms with E-state index in [1.54, 1.807) is 26.7 Å². The van der Waals surface area contributed by atoms with Crippen LogP contribution in [0.1, 0.15) is 23.5 Å². The topological polar surface area (TPSA) is 59.8 Å². The van der Waals surface area contributed by atoms with E-state index in [0.29, 0.717) is 16.6 Å². The van der Waals surface area contributed by atoms with Crippen molar-refractivity contribution in [2.45, 2.75) is 12.1 Å². The molecule has 4 rings (SSSR count). The van der Waals surface area contributed by atoms with Crippen molar-refractivity contribution in [3.8, 4) is 11.5 Å². The van der Waals surface area contributed by atoms with E-state index in [4.69, 9.17) is 26.1 Å². The van der Waals surface area contributed by atoms with Crippen LogP contribution in [0, 0.1) is 0 Å². The van der Waals surface area contributed by atoms with Gasteiger partial charge in [-0.15, -0.1) is 0 Å². The molecule has 1 fully saturated rings. The fourth-order valence-electron chi connectivity index (χ4n) is 3.35. The van der Waals surface area contributed by atoms with E-state index in [1.165, 1.54) is 0 Å². The minimum Gasteiger partial charge on any atom is -0.497 e. The molecule has 2 atom stereocenters. The molecule has 6 nitrogen and oxygen atoms in total. The van der Waals surface area contributed by atoms with Crippen LogP contribution in [0.2, 0.25) is 0 Å². The summed E-state index contributed by atoms with van der Waals surface area (Å²) in [4.78, 5) is 6.52. The van der Waals surface area contributed by atoms with Crippen molar-refractivity contribution < 1.29 is 13.9 Å². The van der Waals surface area contributed by atoms with E-state index in [0.717, 1.165) is 17.1 Å². The SMILES string of the molecule is COc1ccc(N2C(=S)N[C@H](c3ccccn3)[C@H]2c2ccco2)c(OC)c1. The molecular weight excluding hydrogens is 362 g/mol. The Morgan fingerprint density at radius 1 is 1.11 bits per heavy atom. The Morgan fingerprint density at radius 2 is 2.00 bits per heavy atom. The second kappa shape index (κ2) is 7.28. The van der Waals surface area contributed by atoms with Crippen molar-refractivity contribution >= 4 is 23.0 Å². The molecule has 3 heterocycles. The van der Waals surface area contributed by atoms with Crippen molar-refractivity contribution in [2.75, 3.05) is 19.1 Å². The monoisotopic (exact) mass is 381 g/mol. The van der Waals surface area contributed by atoms with Gasteiger partial charge in [0.15, 0.2) is 5.11 Å². The van der Waals surface area contributed by atoms with Crippen LogP contribution in [0.4, 0.5) is 5.69 Å². The van der Waals surface area contributed by atoms with Gasteiger partial charge < -0.3 is 24.1 Å². The van der Waals surface area contributed by atoms with Crippen LogP contribution in [-0.4, -0.2) is 24.3 Å². The molecule has 1 aliphatic rings. The molecule has 27 heavy (non-hydrogen) atoms. The first-order valence-corrected chi connectivity index (χ1v) is 8.90. The quantitative estimate of drug-likeness (QED) is 0.673. The molecule has 0 aliphatic carbocycles. The number of ether oxygens (including phenoxy) is 2. The highest BCUT2D eigenvalue weighted by atomic mass is 32.1. The minimum atomic E-state index is -0.204. The van der Waals surface area contributed by atoms with Crippen molar-refractivity contribution in [2.24, 2.45) is 0 Å². The molecule has 1 aliphatic heterocycles. The maximum atomic E-state index is 5.75. The number of anilines is 1. The molecule has 1 N–H and O–H groups in total. The number of benzene rings is 1. The van der Waals surface area contributed by atoms with Crippen LogP contribution in [0.15, 0.2) is 65.4 Å². The molecule has 0 saturated carbocycles. The summed E-state index contributed by atoms with van der Waals surface area (Å²) >= 11 is 5.68. The molecule has 0 radical (unpaired) electrons. The van der Waals surface area contributed by atoms with Gasteiger partial charge in [-0.05, 0) is 48.6 Å². The zero-order valence-electron chi connectivity index (χ0n) is 15.0. The first kappa shape index (κ1) is 17.4. The number of hydrogen-bond donors (Lipinski definition) is 1. The number of rotatable bonds is 5. The van der Waals surface area contributed by atoms with Gasteiger partial charge in [0, 0.05) is 12.3 Å². The molecule has 7 heteroatoms. The zero-order valence-corrected chi connectivity index (χ0v) is 15.8. The maximum absolute atomic E-state index is 5.75. The molecule has 1 saturated heterocycles. The number of hydrogen-bond acceptors (Lipinski definition) is 5. The average molecular weight is 381 g/mol. The smallest absolute Gasteiger partial charge is 0.174 e. The second-order valence-electron chi connectivity index (χ2n) is 6.05. The van der Waals surface area contributed by atoms with Crippen LogP contribution in [0.3, 0.4) is 0 Å². The van der Waals surface area contributed by atoms with Crippen LogP contribution in [-0.2, 0) is 0 Å². The van der Waals surface area contributed by atoms with E-state index in [1.807, 2.05) is 53.4 Å². The largest absolute Gasteiger partial charge is 0.497 e. The highest BCUT2D eigenvalue weighted by molar-refractivity contribution is 7.80. The lowest BCUT2D eigenvalue weighted by atomic mass is 10.0. The summed E-state index contributed by atoms with van der Waals surface area (Å²) in [5, 5.41) is 3.96. The molecule has 1 aromatic carbocycles. The summed E-state index contributed by atoms with van der Waals surface area (Å²) in [5.74, 6) is 2.16. The Bertz CT molecular complexity index is 931. The summed E-state index contributed by atoms with van der Waals surface area (Å²) in [5.41, 5.74) is 1.71. The number of methoxy groups -OCH3 is 2. The summed E-state index contributed by atoms with van der Waals surface area (Å²) < 4.78 is 16.7. The van der Waals surface area contributed by atoms with Crippen LogP contribution >= 0.6 is 12.2 Å². The number of pyridine rings is 1. The van der Waals surface area contributed by atoms with Gasteiger partial charge in [-0.2, -0.15) is 0 Å². The van der Waals surface area contributed by atoms with E-state index >= 15 is 0 Å². The number of nitrogens with one attached hydrogen (secondary N) is 1. The third-order valence-corrected chi connectivity index (χ3v) is 4.89. The van der Waals surface area contributed by atoms with Crippen molar-refractivity contribution in [3.63, 3.8) is 0 Å². The summed E-state index contributed by atoms with van der Waals surface area (Å²) in [6, 6.07) is 14.9. The summed E-state index contributed by atoms with van der Waals surface area (Å²) in [6.45, 7) is 0. The van der Waals surface area contributed by atoms with Gasteiger partial charge >= 0.3 is 0 Å². The molecule has 2 aromatic heterocycles. The van der Waals surface area contributed by atoms with E-state index in [2.05, 4.69) is 10.3 Å². The van der Waals surface area contributed by atoms with Gasteiger partial charge in [0.1, 0.15) is 23.3 Å². The van der Waals surface area contributed by atoms with Gasteiger partial charge in [0.25, 0.3) is 0 Å². The third kappa shape index (κ3) is 3.10. The van der Waals surface area contributed by atoms with Crippen LogP contribution in [0.25, 0.3) is 0 Å². The van der Waals surface area contributed by atoms with E-state index in [-0.39, 0.29) is 12.1 Å². The minimum absolute atomic E-state index is 0.156. The predicted molar refractivity (Wildman–Crippen MR) is 106 cm³/mol. The normalized spacial score (nSPS) is 19.0. The molecule has 0 bridgehead atoms. The number of furan rings is 1. The third-order valence-electron chi connectivity index (χ3n) is 4.58. The number of aromatic nitrogens is 1. The predicted octanol–water partition coefficient (Wildman–Crippen LogP) is 3.87. The molecule has 3 aromatic rings. The zero-order chi connectivity index (χ0) is 18.8. The lowest BCUT2D eigenvalue weighted by Gasteiger charge is -2.27. The lowest BCUT2D eigenvalue weighted by molar-refractivity contribution is 0.392. The highest BCUT2D eigenvalue weighted by Crippen LogP contribution is 2.45. The van der Waals surface area contributed by atoms with Gasteiger partial charge in [0.05, 0.1) is 37.9 Å². The fraction of sp³-hybridized carbons (Fsp3) is 0.200. The average Bonchev–Trinajstić information content (AvgIpc) is 3.35. The first-order valence-electron chi connectivity index (χ1n) is 8.49. The maximum Gasteiger partial charge on any atom is 0.174 e. The molecular formula is C20H19N3O3S. The Hall–Kier alpha value is -3.06.